The van der Waals surface area contributed by atoms with Crippen LogP contribution in [-0.4, -0.2) is 23.2 Å². The molecule has 2 rings (SSSR count). The summed E-state index contributed by atoms with van der Waals surface area (Å²) in [5, 5.41) is 8.92. The molecule has 1 heterocycles. The molecule has 17 heavy (non-hydrogen) atoms. The molecule has 2 aromatic rings. The van der Waals surface area contributed by atoms with Crippen molar-refractivity contribution in [2.24, 2.45) is 0 Å². The first-order valence-electron chi connectivity index (χ1n) is 5.03. The predicted molar refractivity (Wildman–Crippen MR) is 63.2 cm³/mol. The maximum absolute atomic E-state index is 10.9. The lowest BCUT2D eigenvalue weighted by atomic mass is 10.0. The van der Waals surface area contributed by atoms with Crippen molar-refractivity contribution >= 4 is 5.97 Å². The Kier molecular flexibility index (Phi) is 3.05. The summed E-state index contributed by atoms with van der Waals surface area (Å²) in [7, 11) is 1.56. The van der Waals surface area contributed by atoms with Crippen LogP contribution in [-0.2, 0) is 0 Å². The molecule has 0 bridgehead atoms. The molecule has 0 aliphatic carbocycles. The average molecular weight is 229 g/mol. The molecule has 0 unspecified atom stereocenters. The number of carboxylic acid groups (broad SMARTS) is 1. The van der Waals surface area contributed by atoms with Gasteiger partial charge in [-0.3, -0.25) is 4.98 Å². The maximum atomic E-state index is 10.9. The van der Waals surface area contributed by atoms with E-state index >= 15 is 0 Å². The van der Waals surface area contributed by atoms with Crippen LogP contribution in [0.4, 0.5) is 0 Å². The highest BCUT2D eigenvalue weighted by Crippen LogP contribution is 2.23. The summed E-state index contributed by atoms with van der Waals surface area (Å²) >= 11 is 0. The highest BCUT2D eigenvalue weighted by molar-refractivity contribution is 5.89. The second kappa shape index (κ2) is 4.65. The molecule has 0 fully saturated rings. The Bertz CT molecular complexity index is 552. The number of carbonyl (C=O) groups is 1. The lowest BCUT2D eigenvalue weighted by molar-refractivity contribution is 0.0697. The molecule has 0 aliphatic heterocycles. The Labute approximate surface area is 98.5 Å². The first-order valence-corrected chi connectivity index (χ1v) is 5.03. The van der Waals surface area contributed by atoms with Crippen molar-refractivity contribution in [2.75, 3.05) is 7.11 Å². The van der Waals surface area contributed by atoms with Crippen LogP contribution in [0, 0.1) is 0 Å². The third-order valence-corrected chi connectivity index (χ3v) is 2.39. The number of pyridine rings is 1. The van der Waals surface area contributed by atoms with E-state index in [-0.39, 0.29) is 5.56 Å². The zero-order valence-electron chi connectivity index (χ0n) is 9.25. The van der Waals surface area contributed by atoms with Crippen LogP contribution in [0.15, 0.2) is 42.7 Å². The van der Waals surface area contributed by atoms with Crippen LogP contribution >= 0.6 is 0 Å². The Balaban J connectivity index is 2.45. The number of aromatic nitrogens is 1. The van der Waals surface area contributed by atoms with Gasteiger partial charge in [0.05, 0.1) is 18.9 Å². The fourth-order valence-corrected chi connectivity index (χ4v) is 1.52. The first kappa shape index (κ1) is 11.1. The molecule has 0 spiro atoms. The summed E-state index contributed by atoms with van der Waals surface area (Å²) in [6.45, 7) is 0. The molecule has 0 radical (unpaired) electrons. The van der Waals surface area contributed by atoms with Crippen molar-refractivity contribution in [3.8, 4) is 16.9 Å². The summed E-state index contributed by atoms with van der Waals surface area (Å²) in [4.78, 5) is 14.9. The van der Waals surface area contributed by atoms with E-state index in [9.17, 15) is 4.79 Å². The topological polar surface area (TPSA) is 59.4 Å². The zero-order chi connectivity index (χ0) is 12.3. The number of ether oxygens (including phenoxy) is 1. The van der Waals surface area contributed by atoms with Crippen molar-refractivity contribution < 1.29 is 14.6 Å². The minimum absolute atomic E-state index is 0.255. The van der Waals surface area contributed by atoms with E-state index in [1.54, 1.807) is 37.7 Å². The van der Waals surface area contributed by atoms with Gasteiger partial charge >= 0.3 is 5.97 Å². The maximum Gasteiger partial charge on any atom is 0.335 e. The van der Waals surface area contributed by atoms with Gasteiger partial charge < -0.3 is 9.84 Å². The number of rotatable bonds is 3. The van der Waals surface area contributed by atoms with Gasteiger partial charge in [-0.25, -0.2) is 4.79 Å². The molecule has 1 aromatic heterocycles. The molecule has 0 atom stereocenters. The fraction of sp³-hybridized carbons (Fsp3) is 0.0769. The summed E-state index contributed by atoms with van der Waals surface area (Å²) in [5.74, 6) is -0.300. The largest absolute Gasteiger partial charge is 0.495 e. The number of nitrogens with zero attached hydrogens (tertiary/aromatic N) is 1. The molecule has 4 nitrogen and oxygen atoms in total. The number of aromatic carboxylic acids is 1. The zero-order valence-corrected chi connectivity index (χ0v) is 9.25. The Morgan fingerprint density at radius 2 is 2.06 bits per heavy atom. The summed E-state index contributed by atoms with van der Waals surface area (Å²) in [5.41, 5.74) is 1.88. The highest BCUT2D eigenvalue weighted by atomic mass is 16.5. The molecule has 0 saturated carbocycles. The van der Waals surface area contributed by atoms with Gasteiger partial charge in [0.2, 0.25) is 0 Å². The summed E-state index contributed by atoms with van der Waals surface area (Å²) < 4.78 is 5.08. The van der Waals surface area contributed by atoms with Gasteiger partial charge in [0.15, 0.2) is 0 Å². The van der Waals surface area contributed by atoms with Crippen LogP contribution in [0.5, 0.6) is 5.75 Å². The van der Waals surface area contributed by atoms with Crippen molar-refractivity contribution in [3.05, 3.63) is 48.3 Å². The van der Waals surface area contributed by atoms with E-state index < -0.39 is 5.97 Å². The van der Waals surface area contributed by atoms with E-state index in [2.05, 4.69) is 4.98 Å². The fourth-order valence-electron chi connectivity index (χ4n) is 1.52. The summed E-state index contributed by atoms with van der Waals surface area (Å²) in [6.07, 6.45) is 3.27. The smallest absolute Gasteiger partial charge is 0.335 e. The van der Waals surface area contributed by atoms with Gasteiger partial charge in [-0.2, -0.15) is 0 Å². The Morgan fingerprint density at radius 3 is 2.76 bits per heavy atom. The molecule has 0 saturated heterocycles. The van der Waals surface area contributed by atoms with Crippen molar-refractivity contribution in [1.82, 2.24) is 4.98 Å². The van der Waals surface area contributed by atoms with Gasteiger partial charge in [0.25, 0.3) is 0 Å². The second-order valence-electron chi connectivity index (χ2n) is 3.50. The van der Waals surface area contributed by atoms with E-state index in [0.717, 1.165) is 11.1 Å². The first-order chi connectivity index (χ1) is 8.20. The van der Waals surface area contributed by atoms with Gasteiger partial charge in [-0.15, -0.1) is 0 Å². The molecular weight excluding hydrogens is 218 g/mol. The van der Waals surface area contributed by atoms with Crippen molar-refractivity contribution in [2.45, 2.75) is 0 Å². The van der Waals surface area contributed by atoms with E-state index in [0.29, 0.717) is 5.75 Å². The molecule has 1 aromatic carbocycles. The predicted octanol–water partition coefficient (Wildman–Crippen LogP) is 2.46. The lowest BCUT2D eigenvalue weighted by Crippen LogP contribution is -1.95. The number of hydrogen-bond acceptors (Lipinski definition) is 3. The number of benzene rings is 1. The molecule has 4 heteroatoms. The van der Waals surface area contributed by atoms with Crippen LogP contribution < -0.4 is 4.74 Å². The number of carboxylic acids is 1. The standard InChI is InChI=1S/C13H11NO3/c1-17-12-6-11(7-14-8-12)9-3-2-4-10(5-9)13(15)16/h2-8H,1H3,(H,15,16). The molecule has 86 valence electrons. The number of methoxy groups -OCH3 is 1. The van der Waals surface area contributed by atoms with Gasteiger partial charge in [0, 0.05) is 11.8 Å². The highest BCUT2D eigenvalue weighted by Gasteiger charge is 2.05. The third kappa shape index (κ3) is 2.42. The van der Waals surface area contributed by atoms with Gasteiger partial charge in [0.1, 0.15) is 5.75 Å². The van der Waals surface area contributed by atoms with Crippen LogP contribution in [0.2, 0.25) is 0 Å². The molecular formula is C13H11NO3. The average Bonchev–Trinajstić information content (AvgIpc) is 2.39. The van der Waals surface area contributed by atoms with Gasteiger partial charge in [-0.05, 0) is 23.8 Å². The molecule has 0 amide bonds. The van der Waals surface area contributed by atoms with Crippen molar-refractivity contribution in [3.63, 3.8) is 0 Å². The minimum atomic E-state index is -0.942. The van der Waals surface area contributed by atoms with E-state index in [1.165, 1.54) is 0 Å². The molecule has 0 aliphatic rings. The van der Waals surface area contributed by atoms with E-state index in [4.69, 9.17) is 9.84 Å². The van der Waals surface area contributed by atoms with Crippen LogP contribution in [0.1, 0.15) is 10.4 Å². The monoisotopic (exact) mass is 229 g/mol. The lowest BCUT2D eigenvalue weighted by Gasteiger charge is -2.04. The van der Waals surface area contributed by atoms with Gasteiger partial charge in [-0.1, -0.05) is 12.1 Å². The SMILES string of the molecule is COc1cncc(-c2cccc(C(=O)O)c2)c1. The number of hydrogen-bond donors (Lipinski definition) is 1. The minimum Gasteiger partial charge on any atom is -0.495 e. The van der Waals surface area contributed by atoms with Crippen molar-refractivity contribution in [1.29, 1.82) is 0 Å². The van der Waals surface area contributed by atoms with Crippen LogP contribution in [0.3, 0.4) is 0 Å². The molecule has 1 N–H and O–H groups in total. The Morgan fingerprint density at radius 1 is 1.24 bits per heavy atom. The van der Waals surface area contributed by atoms with E-state index in [1.807, 2.05) is 12.1 Å². The quantitative estimate of drug-likeness (QED) is 0.878. The summed E-state index contributed by atoms with van der Waals surface area (Å²) in [6, 6.07) is 8.52. The van der Waals surface area contributed by atoms with Crippen LogP contribution in [0.25, 0.3) is 11.1 Å². The Hall–Kier alpha value is -2.36. The normalized spacial score (nSPS) is 9.94. The third-order valence-electron chi connectivity index (χ3n) is 2.39. The second-order valence-corrected chi connectivity index (χ2v) is 3.50.